The highest BCUT2D eigenvalue weighted by Crippen LogP contribution is 2.26. The van der Waals surface area contributed by atoms with E-state index < -0.39 is 10.0 Å². The maximum Gasteiger partial charge on any atom is 0.223 e. The van der Waals surface area contributed by atoms with Crippen LogP contribution in [0.25, 0.3) is 0 Å². The number of amides is 1. The van der Waals surface area contributed by atoms with Gasteiger partial charge in [-0.25, -0.2) is 13.4 Å². The zero-order valence-corrected chi connectivity index (χ0v) is 15.2. The summed E-state index contributed by atoms with van der Waals surface area (Å²) >= 11 is 0. The van der Waals surface area contributed by atoms with E-state index in [1.54, 1.807) is 4.31 Å². The molecule has 0 saturated heterocycles. The molecule has 0 radical (unpaired) electrons. The van der Waals surface area contributed by atoms with Crippen molar-refractivity contribution in [2.75, 3.05) is 12.3 Å². The van der Waals surface area contributed by atoms with Crippen LogP contribution in [0.1, 0.15) is 49.8 Å². The molecule has 1 fully saturated rings. The molecule has 0 spiro atoms. The molecular formula is C16H26N4O3S. The van der Waals surface area contributed by atoms with Gasteiger partial charge in [-0.05, 0) is 19.3 Å². The van der Waals surface area contributed by atoms with Gasteiger partial charge in [0.1, 0.15) is 5.82 Å². The largest absolute Gasteiger partial charge is 0.349 e. The summed E-state index contributed by atoms with van der Waals surface area (Å²) in [4.78, 5) is 16.6. The van der Waals surface area contributed by atoms with Crippen LogP contribution in [-0.2, 0) is 41.4 Å². The monoisotopic (exact) mass is 354 g/mol. The van der Waals surface area contributed by atoms with Crippen molar-refractivity contribution < 1.29 is 13.2 Å². The molecule has 0 atom stereocenters. The van der Waals surface area contributed by atoms with Crippen LogP contribution >= 0.6 is 0 Å². The molecule has 1 saturated carbocycles. The van der Waals surface area contributed by atoms with E-state index in [2.05, 4.69) is 10.3 Å². The fourth-order valence-corrected chi connectivity index (χ4v) is 4.74. The summed E-state index contributed by atoms with van der Waals surface area (Å²) in [5.74, 6) is 1.25. The summed E-state index contributed by atoms with van der Waals surface area (Å²) in [6.45, 7) is 3.14. The van der Waals surface area contributed by atoms with E-state index in [1.807, 2.05) is 18.5 Å². The van der Waals surface area contributed by atoms with E-state index in [0.717, 1.165) is 36.5 Å². The fraction of sp³-hybridized carbons (Fsp3) is 0.750. The Morgan fingerprint density at radius 1 is 1.38 bits per heavy atom. The number of aromatic nitrogens is 2. The van der Waals surface area contributed by atoms with Crippen LogP contribution in [0, 0.1) is 5.92 Å². The topological polar surface area (TPSA) is 84.3 Å². The molecule has 3 rings (SSSR count). The van der Waals surface area contributed by atoms with Crippen molar-refractivity contribution in [2.45, 2.75) is 52.1 Å². The summed E-state index contributed by atoms with van der Waals surface area (Å²) < 4.78 is 28.1. The minimum atomic E-state index is -3.19. The molecule has 134 valence electrons. The smallest absolute Gasteiger partial charge is 0.223 e. The zero-order chi connectivity index (χ0) is 17.3. The first-order valence-electron chi connectivity index (χ1n) is 8.71. The lowest BCUT2D eigenvalue weighted by molar-refractivity contribution is -0.127. The highest BCUT2D eigenvalue weighted by atomic mass is 32.2. The van der Waals surface area contributed by atoms with E-state index in [0.29, 0.717) is 32.5 Å². The highest BCUT2D eigenvalue weighted by molar-refractivity contribution is 7.89. The summed E-state index contributed by atoms with van der Waals surface area (Å²) in [5, 5.41) is 2.96. The second kappa shape index (κ2) is 6.84. The third kappa shape index (κ3) is 3.35. The van der Waals surface area contributed by atoms with Crippen molar-refractivity contribution in [3.05, 3.63) is 17.2 Å². The van der Waals surface area contributed by atoms with Crippen LogP contribution in [0.3, 0.4) is 0 Å². The molecule has 2 aliphatic rings. The molecule has 1 amide bonds. The van der Waals surface area contributed by atoms with Gasteiger partial charge in [-0.1, -0.05) is 13.3 Å². The average molecular weight is 354 g/mol. The molecule has 1 aliphatic heterocycles. The predicted molar refractivity (Wildman–Crippen MR) is 90.6 cm³/mol. The van der Waals surface area contributed by atoms with E-state index in [4.69, 9.17) is 0 Å². The molecule has 1 aliphatic carbocycles. The number of nitrogens with zero attached hydrogens (tertiary/aromatic N) is 3. The van der Waals surface area contributed by atoms with Gasteiger partial charge >= 0.3 is 0 Å². The number of imidazole rings is 1. The maximum absolute atomic E-state index is 12.3. The molecule has 0 bridgehead atoms. The van der Waals surface area contributed by atoms with Crippen molar-refractivity contribution >= 4 is 15.9 Å². The quantitative estimate of drug-likeness (QED) is 0.824. The summed E-state index contributed by atoms with van der Waals surface area (Å²) in [7, 11) is -1.30. The Morgan fingerprint density at radius 2 is 2.12 bits per heavy atom. The van der Waals surface area contributed by atoms with Crippen molar-refractivity contribution in [3.8, 4) is 0 Å². The molecule has 7 nitrogen and oxygen atoms in total. The van der Waals surface area contributed by atoms with Crippen LogP contribution in [-0.4, -0.2) is 40.5 Å². The van der Waals surface area contributed by atoms with Gasteiger partial charge in [0.15, 0.2) is 0 Å². The van der Waals surface area contributed by atoms with Gasteiger partial charge in [-0.15, -0.1) is 0 Å². The van der Waals surface area contributed by atoms with Crippen LogP contribution in [0.4, 0.5) is 0 Å². The van der Waals surface area contributed by atoms with Gasteiger partial charge in [-0.3, -0.25) is 4.79 Å². The van der Waals surface area contributed by atoms with E-state index in [9.17, 15) is 13.2 Å². The first kappa shape index (κ1) is 17.4. The van der Waals surface area contributed by atoms with Crippen LogP contribution < -0.4 is 5.32 Å². The van der Waals surface area contributed by atoms with E-state index in [1.165, 1.54) is 0 Å². The van der Waals surface area contributed by atoms with Gasteiger partial charge in [-0.2, -0.15) is 4.31 Å². The standard InChI is InChI=1S/C16H26N4O3S/c1-3-9-24(22,23)20-8-7-13-14(11-20)19(2)15(18-13)10-17-16(21)12-5-4-6-12/h12H,3-11H2,1-2H3,(H,17,21). The summed E-state index contributed by atoms with van der Waals surface area (Å²) in [6.07, 6.45) is 4.34. The second-order valence-corrected chi connectivity index (χ2v) is 8.81. The Kier molecular flexibility index (Phi) is 4.96. The summed E-state index contributed by atoms with van der Waals surface area (Å²) in [6, 6.07) is 0. The van der Waals surface area contributed by atoms with Crippen molar-refractivity contribution in [3.63, 3.8) is 0 Å². The Hall–Kier alpha value is -1.41. The Labute approximate surface area is 143 Å². The van der Waals surface area contributed by atoms with Crippen molar-refractivity contribution in [2.24, 2.45) is 13.0 Å². The highest BCUT2D eigenvalue weighted by Gasteiger charge is 2.30. The Morgan fingerprint density at radius 3 is 2.75 bits per heavy atom. The van der Waals surface area contributed by atoms with E-state index in [-0.39, 0.29) is 17.6 Å². The van der Waals surface area contributed by atoms with Crippen LogP contribution in [0.5, 0.6) is 0 Å². The molecule has 0 aromatic carbocycles. The van der Waals surface area contributed by atoms with Crippen LogP contribution in [0.2, 0.25) is 0 Å². The molecule has 24 heavy (non-hydrogen) atoms. The lowest BCUT2D eigenvalue weighted by Crippen LogP contribution is -2.38. The lowest BCUT2D eigenvalue weighted by Gasteiger charge is -2.26. The van der Waals surface area contributed by atoms with Gasteiger partial charge in [0.25, 0.3) is 0 Å². The first-order valence-corrected chi connectivity index (χ1v) is 10.3. The third-order valence-electron chi connectivity index (χ3n) is 5.07. The molecule has 1 aromatic rings. The number of fused-ring (bicyclic) bond motifs is 1. The molecule has 0 unspecified atom stereocenters. The number of nitrogens with one attached hydrogen (secondary N) is 1. The van der Waals surface area contributed by atoms with Crippen molar-refractivity contribution in [1.29, 1.82) is 0 Å². The molecule has 8 heteroatoms. The average Bonchev–Trinajstić information content (AvgIpc) is 2.79. The first-order chi connectivity index (χ1) is 11.4. The molecule has 2 heterocycles. The normalized spacial score (nSPS) is 18.9. The van der Waals surface area contributed by atoms with Gasteiger partial charge in [0, 0.05) is 25.9 Å². The predicted octanol–water partition coefficient (Wildman–Crippen LogP) is 0.934. The van der Waals surface area contributed by atoms with E-state index >= 15 is 0 Å². The second-order valence-electron chi connectivity index (χ2n) is 6.73. The Bertz CT molecular complexity index is 722. The minimum absolute atomic E-state index is 0.106. The summed E-state index contributed by atoms with van der Waals surface area (Å²) in [5.41, 5.74) is 1.89. The van der Waals surface area contributed by atoms with Gasteiger partial charge < -0.3 is 9.88 Å². The number of rotatable bonds is 6. The fourth-order valence-electron chi connectivity index (χ4n) is 3.28. The molecule has 1 N–H and O–H groups in total. The lowest BCUT2D eigenvalue weighted by atomic mass is 9.85. The number of carbonyl (C=O) groups excluding carboxylic acids is 1. The number of hydrogen-bond acceptors (Lipinski definition) is 4. The molecule has 1 aromatic heterocycles. The number of carbonyl (C=O) groups is 1. The number of sulfonamides is 1. The minimum Gasteiger partial charge on any atom is -0.349 e. The number of hydrogen-bond donors (Lipinski definition) is 1. The maximum atomic E-state index is 12.3. The molecular weight excluding hydrogens is 328 g/mol. The van der Waals surface area contributed by atoms with Crippen LogP contribution in [0.15, 0.2) is 0 Å². The third-order valence-corrected chi connectivity index (χ3v) is 7.09. The Balaban J connectivity index is 1.68. The van der Waals surface area contributed by atoms with Crippen molar-refractivity contribution in [1.82, 2.24) is 19.2 Å². The van der Waals surface area contributed by atoms with Gasteiger partial charge in [0.2, 0.25) is 15.9 Å². The van der Waals surface area contributed by atoms with Gasteiger partial charge in [0.05, 0.1) is 30.2 Å². The SMILES string of the molecule is CCCS(=O)(=O)N1CCc2nc(CNC(=O)C3CCC3)n(C)c2C1. The zero-order valence-electron chi connectivity index (χ0n) is 14.4.